The van der Waals surface area contributed by atoms with Crippen molar-refractivity contribution in [2.75, 3.05) is 19.7 Å². The topological polar surface area (TPSA) is 55.6 Å². The molecule has 21 heavy (non-hydrogen) atoms. The fraction of sp³-hybridized carbons (Fsp3) is 0.500. The van der Waals surface area contributed by atoms with Crippen molar-refractivity contribution in [2.24, 2.45) is 11.7 Å². The molecule has 0 radical (unpaired) electrons. The molecule has 1 fully saturated rings. The Morgan fingerprint density at radius 1 is 1.48 bits per heavy atom. The maximum atomic E-state index is 12.2. The Bertz CT molecular complexity index is 499. The van der Waals surface area contributed by atoms with Crippen LogP contribution in [0.3, 0.4) is 0 Å². The van der Waals surface area contributed by atoms with Gasteiger partial charge in [0.1, 0.15) is 5.75 Å². The van der Waals surface area contributed by atoms with Crippen LogP contribution in [0.4, 0.5) is 0 Å². The highest BCUT2D eigenvalue weighted by Crippen LogP contribution is 2.28. The Balaban J connectivity index is 0.00000220. The maximum Gasteiger partial charge on any atom is 0.260 e. The van der Waals surface area contributed by atoms with Crippen molar-refractivity contribution in [3.63, 3.8) is 0 Å². The van der Waals surface area contributed by atoms with Crippen molar-refractivity contribution < 1.29 is 9.53 Å². The lowest BCUT2D eigenvalue weighted by molar-refractivity contribution is -0.134. The van der Waals surface area contributed by atoms with E-state index in [-0.39, 0.29) is 31.0 Å². The molecule has 1 heterocycles. The van der Waals surface area contributed by atoms with Crippen LogP contribution in [0.5, 0.6) is 5.75 Å². The zero-order chi connectivity index (χ0) is 14.7. The molecule has 0 aromatic heterocycles. The molecule has 1 amide bonds. The molecule has 0 bridgehead atoms. The second-order valence-corrected chi connectivity index (χ2v) is 5.94. The van der Waals surface area contributed by atoms with Gasteiger partial charge in [0.25, 0.3) is 5.91 Å². The van der Waals surface area contributed by atoms with Crippen LogP contribution in [0.1, 0.15) is 13.3 Å². The molecule has 1 aliphatic rings. The molecular weight excluding hydrogens is 335 g/mol. The average molecular weight is 354 g/mol. The third kappa shape index (κ3) is 4.65. The molecule has 1 aromatic carbocycles. The van der Waals surface area contributed by atoms with Crippen LogP contribution in [0.15, 0.2) is 18.2 Å². The Labute approximate surface area is 140 Å². The van der Waals surface area contributed by atoms with Crippen LogP contribution < -0.4 is 10.5 Å². The van der Waals surface area contributed by atoms with Crippen LogP contribution in [0.2, 0.25) is 10.0 Å². The van der Waals surface area contributed by atoms with Crippen molar-refractivity contribution in [1.29, 1.82) is 0 Å². The highest BCUT2D eigenvalue weighted by Gasteiger charge is 2.31. The molecule has 118 valence electrons. The van der Waals surface area contributed by atoms with Crippen LogP contribution in [-0.2, 0) is 4.79 Å². The Morgan fingerprint density at radius 3 is 2.76 bits per heavy atom. The summed E-state index contributed by atoms with van der Waals surface area (Å²) in [6.45, 7) is 3.32. The van der Waals surface area contributed by atoms with E-state index in [9.17, 15) is 4.79 Å². The highest BCUT2D eigenvalue weighted by molar-refractivity contribution is 6.35. The van der Waals surface area contributed by atoms with Crippen molar-refractivity contribution in [1.82, 2.24) is 4.90 Å². The fourth-order valence-corrected chi connectivity index (χ4v) is 2.94. The Morgan fingerprint density at radius 2 is 2.19 bits per heavy atom. The zero-order valence-electron chi connectivity index (χ0n) is 11.7. The Kier molecular flexibility index (Phi) is 7.07. The number of nitrogens with two attached hydrogens (primary N) is 1. The number of amides is 1. The molecule has 1 aliphatic heterocycles. The van der Waals surface area contributed by atoms with Crippen molar-refractivity contribution in [2.45, 2.75) is 19.4 Å². The van der Waals surface area contributed by atoms with Crippen molar-refractivity contribution in [3.8, 4) is 5.75 Å². The lowest BCUT2D eigenvalue weighted by Crippen LogP contribution is -2.37. The third-order valence-corrected chi connectivity index (χ3v) is 4.09. The minimum atomic E-state index is -0.0422. The third-order valence-electron chi connectivity index (χ3n) is 3.56. The van der Waals surface area contributed by atoms with Crippen LogP contribution in [0.25, 0.3) is 0 Å². The van der Waals surface area contributed by atoms with Gasteiger partial charge in [-0.15, -0.1) is 12.4 Å². The van der Waals surface area contributed by atoms with E-state index < -0.39 is 0 Å². The maximum absolute atomic E-state index is 12.2. The van der Waals surface area contributed by atoms with Crippen molar-refractivity contribution in [3.05, 3.63) is 28.2 Å². The molecule has 0 saturated carbocycles. The molecule has 2 N–H and O–H groups in total. The van der Waals surface area contributed by atoms with E-state index in [1.54, 1.807) is 18.2 Å². The van der Waals surface area contributed by atoms with Gasteiger partial charge in [0.2, 0.25) is 0 Å². The molecule has 2 rings (SSSR count). The molecule has 1 aromatic rings. The van der Waals surface area contributed by atoms with Gasteiger partial charge in [-0.25, -0.2) is 0 Å². The number of hydrogen-bond donors (Lipinski definition) is 1. The van der Waals surface area contributed by atoms with Gasteiger partial charge >= 0.3 is 0 Å². The standard InChI is InChI=1S/C14H18Cl2N2O2.ClH/c1-9-4-10(6-17)7-18(9)14(19)8-20-13-3-2-11(15)5-12(13)16;/h2-3,5,9-10H,4,6-8,17H2,1H3;1H. The molecule has 4 nitrogen and oxygen atoms in total. The summed E-state index contributed by atoms with van der Waals surface area (Å²) < 4.78 is 5.47. The van der Waals surface area contributed by atoms with Gasteiger partial charge < -0.3 is 15.4 Å². The van der Waals surface area contributed by atoms with E-state index in [1.165, 1.54) is 0 Å². The van der Waals surface area contributed by atoms with E-state index >= 15 is 0 Å². The van der Waals surface area contributed by atoms with Gasteiger partial charge in [0.15, 0.2) is 6.61 Å². The number of ether oxygens (including phenoxy) is 1. The summed E-state index contributed by atoms with van der Waals surface area (Å²) in [5.41, 5.74) is 5.66. The molecular formula is C14H19Cl3N2O2. The first-order valence-electron chi connectivity index (χ1n) is 6.58. The number of rotatable bonds is 4. The van der Waals surface area contributed by atoms with E-state index in [4.69, 9.17) is 33.7 Å². The first-order chi connectivity index (χ1) is 9.51. The minimum Gasteiger partial charge on any atom is -0.482 e. The normalized spacial score (nSPS) is 21.0. The van der Waals surface area contributed by atoms with Crippen LogP contribution >= 0.6 is 35.6 Å². The van der Waals surface area contributed by atoms with Gasteiger partial charge in [0, 0.05) is 17.6 Å². The quantitative estimate of drug-likeness (QED) is 0.905. The highest BCUT2D eigenvalue weighted by atomic mass is 35.5. The SMILES string of the molecule is CC1CC(CN)CN1C(=O)COc1ccc(Cl)cc1Cl.Cl. The van der Waals surface area contributed by atoms with Crippen LogP contribution in [-0.4, -0.2) is 36.5 Å². The number of halogens is 3. The molecule has 2 unspecified atom stereocenters. The van der Waals surface area contributed by atoms with Gasteiger partial charge in [-0.05, 0) is 44.0 Å². The molecule has 0 spiro atoms. The van der Waals surface area contributed by atoms with Gasteiger partial charge in [0.05, 0.1) is 5.02 Å². The van der Waals surface area contributed by atoms with Crippen LogP contribution in [0, 0.1) is 5.92 Å². The molecule has 0 aliphatic carbocycles. The van der Waals surface area contributed by atoms with E-state index in [1.807, 2.05) is 11.8 Å². The molecule has 1 saturated heterocycles. The summed E-state index contributed by atoms with van der Waals surface area (Å²) in [5.74, 6) is 0.805. The monoisotopic (exact) mass is 352 g/mol. The molecule has 7 heteroatoms. The number of benzene rings is 1. The number of nitrogens with zero attached hydrogens (tertiary/aromatic N) is 1. The van der Waals surface area contributed by atoms with Crippen molar-refractivity contribution >= 4 is 41.5 Å². The smallest absolute Gasteiger partial charge is 0.260 e. The lowest BCUT2D eigenvalue weighted by atomic mass is 10.1. The number of carbonyl (C=O) groups is 1. The summed E-state index contributed by atoms with van der Waals surface area (Å²) in [5, 5.41) is 0.937. The van der Waals surface area contributed by atoms with Gasteiger partial charge in [-0.3, -0.25) is 4.79 Å². The van der Waals surface area contributed by atoms with Gasteiger partial charge in [-0.1, -0.05) is 23.2 Å². The summed E-state index contributed by atoms with van der Waals surface area (Å²) in [6.07, 6.45) is 0.948. The van der Waals surface area contributed by atoms with E-state index in [2.05, 4.69) is 0 Å². The summed E-state index contributed by atoms with van der Waals surface area (Å²) >= 11 is 11.8. The molecule has 2 atom stereocenters. The fourth-order valence-electron chi connectivity index (χ4n) is 2.48. The van der Waals surface area contributed by atoms with E-state index in [0.717, 1.165) is 6.42 Å². The summed E-state index contributed by atoms with van der Waals surface area (Å²) in [6, 6.07) is 5.14. The summed E-state index contributed by atoms with van der Waals surface area (Å²) in [7, 11) is 0. The van der Waals surface area contributed by atoms with E-state index in [0.29, 0.717) is 34.8 Å². The first-order valence-corrected chi connectivity index (χ1v) is 7.34. The number of likely N-dealkylation sites (tertiary alicyclic amines) is 1. The average Bonchev–Trinajstić information content (AvgIpc) is 2.79. The zero-order valence-corrected chi connectivity index (χ0v) is 14.0. The number of hydrogen-bond acceptors (Lipinski definition) is 3. The van der Waals surface area contributed by atoms with Gasteiger partial charge in [-0.2, -0.15) is 0 Å². The predicted molar refractivity (Wildman–Crippen MR) is 87.5 cm³/mol. The second-order valence-electron chi connectivity index (χ2n) is 5.10. The summed E-state index contributed by atoms with van der Waals surface area (Å²) in [4.78, 5) is 14.0. The Hall–Kier alpha value is -0.680. The minimum absolute atomic E-state index is 0. The number of carbonyl (C=O) groups excluding carboxylic acids is 1. The first kappa shape index (κ1) is 18.4. The lowest BCUT2D eigenvalue weighted by Gasteiger charge is -2.21. The largest absolute Gasteiger partial charge is 0.482 e. The second kappa shape index (κ2) is 8.08. The predicted octanol–water partition coefficient (Wildman–Crippen LogP) is 2.99.